The van der Waals surface area contributed by atoms with Crippen molar-refractivity contribution in [1.82, 2.24) is 14.5 Å². The number of nitrogens with zero attached hydrogens (tertiary/aromatic N) is 3. The quantitative estimate of drug-likeness (QED) is 0.805. The molecule has 0 saturated heterocycles. The summed E-state index contributed by atoms with van der Waals surface area (Å²) in [5.74, 6) is -0.150. The van der Waals surface area contributed by atoms with Gasteiger partial charge in [-0.05, 0) is 32.9 Å². The Kier molecular flexibility index (Phi) is 3.25. The van der Waals surface area contributed by atoms with Crippen LogP contribution >= 0.6 is 11.3 Å². The van der Waals surface area contributed by atoms with E-state index in [0.29, 0.717) is 11.0 Å². The summed E-state index contributed by atoms with van der Waals surface area (Å²) in [6.07, 6.45) is 1.84. The van der Waals surface area contributed by atoms with Gasteiger partial charge in [0.15, 0.2) is 0 Å². The number of aromatic carboxylic acids is 1. The van der Waals surface area contributed by atoms with Crippen molar-refractivity contribution in [3.63, 3.8) is 0 Å². The van der Waals surface area contributed by atoms with Gasteiger partial charge in [0.1, 0.15) is 10.8 Å². The van der Waals surface area contributed by atoms with E-state index in [0.717, 1.165) is 15.7 Å². The fourth-order valence-corrected chi connectivity index (χ4v) is 3.40. The summed E-state index contributed by atoms with van der Waals surface area (Å²) in [5.41, 5.74) is 1.63. The summed E-state index contributed by atoms with van der Waals surface area (Å²) in [5, 5.41) is 10.4. The Morgan fingerprint density at radius 3 is 2.76 bits per heavy atom. The molecule has 0 amide bonds. The number of thiazole rings is 1. The van der Waals surface area contributed by atoms with Gasteiger partial charge in [-0.2, -0.15) is 0 Å². The van der Waals surface area contributed by atoms with Gasteiger partial charge in [0.2, 0.25) is 0 Å². The van der Waals surface area contributed by atoms with E-state index >= 15 is 0 Å². The summed E-state index contributed by atoms with van der Waals surface area (Å²) in [7, 11) is 0. The van der Waals surface area contributed by atoms with Gasteiger partial charge in [-0.15, -0.1) is 11.3 Å². The van der Waals surface area contributed by atoms with Gasteiger partial charge in [0, 0.05) is 11.1 Å². The molecular weight excluding hydrogens is 286 g/mol. The van der Waals surface area contributed by atoms with Gasteiger partial charge in [0.25, 0.3) is 0 Å². The van der Waals surface area contributed by atoms with Crippen molar-refractivity contribution in [2.75, 3.05) is 0 Å². The summed E-state index contributed by atoms with van der Waals surface area (Å²) < 4.78 is 1.96. The summed E-state index contributed by atoms with van der Waals surface area (Å²) >= 11 is 1.62. The smallest absolute Gasteiger partial charge is 0.337 e. The Morgan fingerprint density at radius 2 is 2.14 bits per heavy atom. The molecule has 1 N–H and O–H groups in total. The van der Waals surface area contributed by atoms with Gasteiger partial charge < -0.3 is 9.67 Å². The minimum atomic E-state index is -0.940. The molecule has 3 aromatic rings. The number of carboxylic acids is 1. The summed E-state index contributed by atoms with van der Waals surface area (Å²) in [6.45, 7) is 5.92. The van der Waals surface area contributed by atoms with Crippen molar-refractivity contribution < 1.29 is 9.90 Å². The first-order valence-electron chi connectivity index (χ1n) is 6.62. The molecule has 0 radical (unpaired) electrons. The third-order valence-electron chi connectivity index (χ3n) is 3.50. The molecule has 21 heavy (non-hydrogen) atoms. The van der Waals surface area contributed by atoms with Gasteiger partial charge >= 0.3 is 5.97 Å². The zero-order valence-electron chi connectivity index (χ0n) is 12.0. The van der Waals surface area contributed by atoms with Crippen LogP contribution in [0.1, 0.15) is 39.0 Å². The molecule has 0 saturated carbocycles. The Balaban J connectivity index is 2.26. The monoisotopic (exact) mass is 301 g/mol. The molecule has 2 aromatic heterocycles. The van der Waals surface area contributed by atoms with Crippen LogP contribution in [-0.4, -0.2) is 25.6 Å². The van der Waals surface area contributed by atoms with Crippen LogP contribution in [0.4, 0.5) is 0 Å². The van der Waals surface area contributed by atoms with Crippen LogP contribution in [0.15, 0.2) is 24.4 Å². The van der Waals surface area contributed by atoms with Crippen LogP contribution in [0.3, 0.4) is 0 Å². The zero-order chi connectivity index (χ0) is 15.1. The van der Waals surface area contributed by atoms with Gasteiger partial charge in [-0.1, -0.05) is 6.07 Å². The molecule has 108 valence electrons. The van der Waals surface area contributed by atoms with E-state index in [1.807, 2.05) is 37.6 Å². The van der Waals surface area contributed by atoms with Crippen molar-refractivity contribution in [2.24, 2.45) is 0 Å². The number of fused-ring (bicyclic) bond motifs is 1. The lowest BCUT2D eigenvalue weighted by atomic mass is 10.1. The fourth-order valence-electron chi connectivity index (χ4n) is 2.59. The first-order valence-corrected chi connectivity index (χ1v) is 7.44. The average molecular weight is 301 g/mol. The topological polar surface area (TPSA) is 68.0 Å². The third kappa shape index (κ3) is 2.21. The lowest BCUT2D eigenvalue weighted by Crippen LogP contribution is -2.10. The van der Waals surface area contributed by atoms with Crippen LogP contribution in [0, 0.1) is 13.8 Å². The molecule has 5 nitrogen and oxygen atoms in total. The average Bonchev–Trinajstić information content (AvgIpc) is 3.00. The van der Waals surface area contributed by atoms with E-state index in [4.69, 9.17) is 0 Å². The molecule has 0 spiro atoms. The number of aryl methyl sites for hydroxylation is 2. The minimum absolute atomic E-state index is 0.0470. The highest BCUT2D eigenvalue weighted by molar-refractivity contribution is 7.11. The van der Waals surface area contributed by atoms with Crippen LogP contribution in [-0.2, 0) is 0 Å². The molecule has 3 rings (SSSR count). The molecule has 2 heterocycles. The number of para-hydroxylation sites is 1. The predicted octanol–water partition coefficient (Wildman–Crippen LogP) is 3.42. The molecule has 0 bridgehead atoms. The van der Waals surface area contributed by atoms with Gasteiger partial charge in [-0.25, -0.2) is 14.8 Å². The Morgan fingerprint density at radius 1 is 1.38 bits per heavy atom. The number of carbonyl (C=O) groups is 1. The van der Waals surface area contributed by atoms with Crippen molar-refractivity contribution in [2.45, 2.75) is 26.8 Å². The Bertz CT molecular complexity index is 835. The number of imidazole rings is 1. The number of hydrogen-bond acceptors (Lipinski definition) is 4. The molecular formula is C15H15N3O2S. The number of carboxylic acid groups (broad SMARTS) is 1. The lowest BCUT2D eigenvalue weighted by molar-refractivity contribution is 0.0698. The molecule has 1 unspecified atom stereocenters. The van der Waals surface area contributed by atoms with Gasteiger partial charge in [0.05, 0.1) is 22.6 Å². The van der Waals surface area contributed by atoms with E-state index in [2.05, 4.69) is 9.97 Å². The molecule has 6 heteroatoms. The molecule has 1 atom stereocenters. The first-order chi connectivity index (χ1) is 9.99. The molecule has 0 fully saturated rings. The number of rotatable bonds is 3. The largest absolute Gasteiger partial charge is 0.478 e. The van der Waals surface area contributed by atoms with Gasteiger partial charge in [-0.3, -0.25) is 0 Å². The van der Waals surface area contributed by atoms with E-state index in [1.54, 1.807) is 23.5 Å². The van der Waals surface area contributed by atoms with Crippen molar-refractivity contribution in [3.8, 4) is 0 Å². The number of benzene rings is 1. The molecule has 0 aliphatic carbocycles. The standard InChI is InChI=1S/C15H15N3O2S/c1-8-7-16-14(21-8)9(2)18-10(3)17-12-6-4-5-11(13(12)18)15(19)20/h4-7,9H,1-3H3,(H,19,20). The second-order valence-electron chi connectivity index (χ2n) is 4.99. The highest BCUT2D eigenvalue weighted by Gasteiger charge is 2.21. The lowest BCUT2D eigenvalue weighted by Gasteiger charge is -2.15. The second-order valence-corrected chi connectivity index (χ2v) is 6.26. The van der Waals surface area contributed by atoms with Crippen molar-refractivity contribution in [3.05, 3.63) is 45.7 Å². The third-order valence-corrected chi connectivity index (χ3v) is 4.58. The maximum absolute atomic E-state index is 11.5. The highest BCUT2D eigenvalue weighted by Crippen LogP contribution is 2.30. The predicted molar refractivity (Wildman–Crippen MR) is 82.1 cm³/mol. The molecule has 0 aliphatic heterocycles. The molecule has 1 aromatic carbocycles. The highest BCUT2D eigenvalue weighted by atomic mass is 32.1. The maximum atomic E-state index is 11.5. The SMILES string of the molecule is Cc1cnc(C(C)n2c(C)nc3cccc(C(=O)O)c32)s1. The number of aromatic nitrogens is 3. The van der Waals surface area contributed by atoms with E-state index in [1.165, 1.54) is 0 Å². The van der Waals surface area contributed by atoms with Crippen LogP contribution in [0.2, 0.25) is 0 Å². The second kappa shape index (κ2) is 4.96. The van der Waals surface area contributed by atoms with Crippen LogP contribution in [0.5, 0.6) is 0 Å². The fraction of sp³-hybridized carbons (Fsp3) is 0.267. The van der Waals surface area contributed by atoms with Crippen molar-refractivity contribution >= 4 is 28.3 Å². The Labute approximate surface area is 125 Å². The van der Waals surface area contributed by atoms with E-state index in [-0.39, 0.29) is 11.6 Å². The maximum Gasteiger partial charge on any atom is 0.337 e. The van der Waals surface area contributed by atoms with E-state index < -0.39 is 5.97 Å². The van der Waals surface area contributed by atoms with E-state index in [9.17, 15) is 9.90 Å². The summed E-state index contributed by atoms with van der Waals surface area (Å²) in [6, 6.07) is 5.13. The Hall–Kier alpha value is -2.21. The minimum Gasteiger partial charge on any atom is -0.478 e. The zero-order valence-corrected chi connectivity index (χ0v) is 12.8. The summed E-state index contributed by atoms with van der Waals surface area (Å²) in [4.78, 5) is 21.5. The molecule has 0 aliphatic rings. The number of hydrogen-bond donors (Lipinski definition) is 1. The normalized spacial score (nSPS) is 12.7. The van der Waals surface area contributed by atoms with Crippen molar-refractivity contribution in [1.29, 1.82) is 0 Å². The first kappa shape index (κ1) is 13.8. The van der Waals surface area contributed by atoms with Crippen LogP contribution < -0.4 is 0 Å². The van der Waals surface area contributed by atoms with Crippen LogP contribution in [0.25, 0.3) is 11.0 Å².